The third-order valence-electron chi connectivity index (χ3n) is 3.55. The highest BCUT2D eigenvalue weighted by atomic mass is 15.0. The molecule has 1 aliphatic carbocycles. The first-order valence-corrected chi connectivity index (χ1v) is 6.27. The molecular weight excluding hydrogens is 198 g/mol. The molecule has 1 heterocycles. The highest BCUT2D eigenvalue weighted by Gasteiger charge is 2.20. The number of aromatic nitrogens is 2. The normalized spacial score (nSPS) is 18.9. The summed E-state index contributed by atoms with van der Waals surface area (Å²) in [6.45, 7) is 5.09. The van der Waals surface area contributed by atoms with Gasteiger partial charge in [-0.25, -0.2) is 9.97 Å². The molecule has 0 radical (unpaired) electrons. The number of nitrogens with zero attached hydrogens (tertiary/aromatic N) is 2. The average molecular weight is 219 g/mol. The Labute approximate surface area is 97.7 Å². The van der Waals surface area contributed by atoms with Crippen LogP contribution in [0.4, 0.5) is 0 Å². The van der Waals surface area contributed by atoms with Crippen LogP contribution in [0, 0.1) is 12.8 Å². The SMILES string of the molecule is Cc1nccc(CNC(C)C2CCCC2)n1. The second-order valence-electron chi connectivity index (χ2n) is 4.81. The predicted molar refractivity (Wildman–Crippen MR) is 65.0 cm³/mol. The first-order chi connectivity index (χ1) is 7.75. The minimum absolute atomic E-state index is 0.609. The lowest BCUT2D eigenvalue weighted by atomic mass is 10.00. The van der Waals surface area contributed by atoms with Gasteiger partial charge in [-0.3, -0.25) is 0 Å². The van der Waals surface area contributed by atoms with Crippen molar-refractivity contribution in [1.29, 1.82) is 0 Å². The molecule has 3 heteroatoms. The standard InChI is InChI=1S/C13H21N3/c1-10(12-5-3-4-6-12)15-9-13-7-8-14-11(2)16-13/h7-8,10,12,15H,3-6,9H2,1-2H3. The summed E-state index contributed by atoms with van der Waals surface area (Å²) in [7, 11) is 0. The fourth-order valence-corrected chi connectivity index (χ4v) is 2.49. The van der Waals surface area contributed by atoms with Gasteiger partial charge in [0, 0.05) is 18.8 Å². The summed E-state index contributed by atoms with van der Waals surface area (Å²) >= 11 is 0. The van der Waals surface area contributed by atoms with Gasteiger partial charge in [0.05, 0.1) is 5.69 Å². The van der Waals surface area contributed by atoms with Gasteiger partial charge >= 0.3 is 0 Å². The van der Waals surface area contributed by atoms with Crippen LogP contribution < -0.4 is 5.32 Å². The molecule has 1 atom stereocenters. The molecule has 16 heavy (non-hydrogen) atoms. The molecule has 1 saturated carbocycles. The molecule has 1 unspecified atom stereocenters. The van der Waals surface area contributed by atoms with Crippen molar-refractivity contribution in [3.05, 3.63) is 23.8 Å². The Kier molecular flexibility index (Phi) is 3.88. The van der Waals surface area contributed by atoms with E-state index in [4.69, 9.17) is 0 Å². The summed E-state index contributed by atoms with van der Waals surface area (Å²) in [5.41, 5.74) is 1.09. The van der Waals surface area contributed by atoms with E-state index in [9.17, 15) is 0 Å². The Morgan fingerprint density at radius 3 is 2.88 bits per heavy atom. The molecule has 2 rings (SSSR count). The highest BCUT2D eigenvalue weighted by Crippen LogP contribution is 2.27. The van der Waals surface area contributed by atoms with Gasteiger partial charge in [0.2, 0.25) is 0 Å². The first kappa shape index (κ1) is 11.5. The maximum Gasteiger partial charge on any atom is 0.125 e. The van der Waals surface area contributed by atoms with Crippen LogP contribution in [-0.4, -0.2) is 16.0 Å². The number of nitrogens with one attached hydrogen (secondary N) is 1. The molecule has 1 aromatic heterocycles. The van der Waals surface area contributed by atoms with Crippen molar-refractivity contribution in [2.45, 2.75) is 52.1 Å². The van der Waals surface area contributed by atoms with E-state index < -0.39 is 0 Å². The smallest absolute Gasteiger partial charge is 0.125 e. The zero-order valence-corrected chi connectivity index (χ0v) is 10.2. The summed E-state index contributed by atoms with van der Waals surface area (Å²) in [5, 5.41) is 3.58. The largest absolute Gasteiger partial charge is 0.308 e. The molecule has 0 bridgehead atoms. The lowest BCUT2D eigenvalue weighted by molar-refractivity contribution is 0.379. The van der Waals surface area contributed by atoms with Crippen molar-refractivity contribution < 1.29 is 0 Å². The molecular formula is C13H21N3. The van der Waals surface area contributed by atoms with E-state index in [1.807, 2.05) is 19.2 Å². The molecule has 0 spiro atoms. The number of aryl methyl sites for hydroxylation is 1. The van der Waals surface area contributed by atoms with Gasteiger partial charge in [-0.2, -0.15) is 0 Å². The third kappa shape index (κ3) is 3.01. The van der Waals surface area contributed by atoms with Crippen LogP contribution in [0.3, 0.4) is 0 Å². The molecule has 88 valence electrons. The van der Waals surface area contributed by atoms with Crippen LogP contribution in [0.2, 0.25) is 0 Å². The van der Waals surface area contributed by atoms with E-state index in [2.05, 4.69) is 22.2 Å². The van der Waals surface area contributed by atoms with E-state index in [1.165, 1.54) is 25.7 Å². The molecule has 3 nitrogen and oxygen atoms in total. The van der Waals surface area contributed by atoms with E-state index in [0.717, 1.165) is 24.0 Å². The molecule has 0 amide bonds. The lowest BCUT2D eigenvalue weighted by Crippen LogP contribution is -2.32. The summed E-state index contributed by atoms with van der Waals surface area (Å²) in [4.78, 5) is 8.50. The van der Waals surface area contributed by atoms with Crippen molar-refractivity contribution in [1.82, 2.24) is 15.3 Å². The number of rotatable bonds is 4. The van der Waals surface area contributed by atoms with Crippen LogP contribution in [0.5, 0.6) is 0 Å². The minimum Gasteiger partial charge on any atom is -0.308 e. The molecule has 0 aromatic carbocycles. The second kappa shape index (κ2) is 5.39. The molecule has 1 aromatic rings. The van der Waals surface area contributed by atoms with E-state index >= 15 is 0 Å². The van der Waals surface area contributed by atoms with Gasteiger partial charge in [-0.1, -0.05) is 12.8 Å². The Balaban J connectivity index is 1.82. The number of hydrogen-bond acceptors (Lipinski definition) is 3. The number of hydrogen-bond donors (Lipinski definition) is 1. The maximum absolute atomic E-state index is 4.40. The van der Waals surface area contributed by atoms with Crippen molar-refractivity contribution in [3.63, 3.8) is 0 Å². The second-order valence-corrected chi connectivity index (χ2v) is 4.81. The summed E-state index contributed by atoms with van der Waals surface area (Å²) < 4.78 is 0. The molecule has 0 aliphatic heterocycles. The molecule has 1 fully saturated rings. The van der Waals surface area contributed by atoms with Crippen molar-refractivity contribution in [2.24, 2.45) is 5.92 Å². The van der Waals surface area contributed by atoms with Crippen molar-refractivity contribution in [3.8, 4) is 0 Å². The van der Waals surface area contributed by atoms with Crippen LogP contribution in [0.15, 0.2) is 12.3 Å². The summed E-state index contributed by atoms with van der Waals surface area (Å²) in [6.07, 6.45) is 7.42. The van der Waals surface area contributed by atoms with E-state index in [-0.39, 0.29) is 0 Å². The average Bonchev–Trinajstić information content (AvgIpc) is 2.79. The van der Waals surface area contributed by atoms with Crippen molar-refractivity contribution >= 4 is 0 Å². The first-order valence-electron chi connectivity index (χ1n) is 6.27. The molecule has 0 saturated heterocycles. The Hall–Kier alpha value is -0.960. The van der Waals surface area contributed by atoms with Crippen LogP contribution in [0.25, 0.3) is 0 Å². The van der Waals surface area contributed by atoms with Gasteiger partial charge in [-0.05, 0) is 38.7 Å². The summed E-state index contributed by atoms with van der Waals surface area (Å²) in [5.74, 6) is 1.72. The fraction of sp³-hybridized carbons (Fsp3) is 0.692. The summed E-state index contributed by atoms with van der Waals surface area (Å²) in [6, 6.07) is 2.60. The van der Waals surface area contributed by atoms with Gasteiger partial charge in [0.25, 0.3) is 0 Å². The van der Waals surface area contributed by atoms with Crippen LogP contribution in [-0.2, 0) is 6.54 Å². The minimum atomic E-state index is 0.609. The Morgan fingerprint density at radius 1 is 1.44 bits per heavy atom. The Bertz CT molecular complexity index is 332. The fourth-order valence-electron chi connectivity index (χ4n) is 2.49. The quantitative estimate of drug-likeness (QED) is 0.845. The monoisotopic (exact) mass is 219 g/mol. The zero-order chi connectivity index (χ0) is 11.4. The van der Waals surface area contributed by atoms with E-state index in [0.29, 0.717) is 6.04 Å². The van der Waals surface area contributed by atoms with Crippen LogP contribution >= 0.6 is 0 Å². The van der Waals surface area contributed by atoms with Gasteiger partial charge < -0.3 is 5.32 Å². The maximum atomic E-state index is 4.40. The topological polar surface area (TPSA) is 37.8 Å². The highest BCUT2D eigenvalue weighted by molar-refractivity contribution is 5.01. The Morgan fingerprint density at radius 2 is 2.19 bits per heavy atom. The van der Waals surface area contributed by atoms with Gasteiger partial charge in [0.1, 0.15) is 5.82 Å². The van der Waals surface area contributed by atoms with Crippen LogP contribution in [0.1, 0.15) is 44.1 Å². The zero-order valence-electron chi connectivity index (χ0n) is 10.2. The van der Waals surface area contributed by atoms with Crippen molar-refractivity contribution in [2.75, 3.05) is 0 Å². The molecule has 1 aliphatic rings. The predicted octanol–water partition coefficient (Wildman–Crippen LogP) is 2.45. The van der Waals surface area contributed by atoms with Gasteiger partial charge in [-0.15, -0.1) is 0 Å². The van der Waals surface area contributed by atoms with E-state index in [1.54, 1.807) is 0 Å². The van der Waals surface area contributed by atoms with Gasteiger partial charge in [0.15, 0.2) is 0 Å². The third-order valence-corrected chi connectivity index (χ3v) is 3.55. The lowest BCUT2D eigenvalue weighted by Gasteiger charge is -2.20. The molecule has 1 N–H and O–H groups in total.